The summed E-state index contributed by atoms with van der Waals surface area (Å²) in [6.45, 7) is 8.88. The number of rotatable bonds is 7. The van der Waals surface area contributed by atoms with Crippen LogP contribution in [0.3, 0.4) is 0 Å². The summed E-state index contributed by atoms with van der Waals surface area (Å²) in [5, 5.41) is 12.5. The number of aliphatic hydroxyl groups excluding tert-OH is 1. The molecular weight excluding hydrogens is 192 g/mol. The third kappa shape index (κ3) is 6.84. The zero-order chi connectivity index (χ0) is 10.9. The summed E-state index contributed by atoms with van der Waals surface area (Å²) in [5.41, 5.74) is 0. The summed E-state index contributed by atoms with van der Waals surface area (Å²) in [6.07, 6.45) is 1.79. The fourth-order valence-corrected chi connectivity index (χ4v) is 1.71. The number of ether oxygens (including phenoxy) is 1. The first-order valence-corrected chi connectivity index (χ1v) is 5.98. The van der Waals surface area contributed by atoms with Crippen LogP contribution in [0.25, 0.3) is 0 Å². The van der Waals surface area contributed by atoms with Crippen molar-refractivity contribution in [1.29, 1.82) is 0 Å². The Hall–Kier alpha value is -0.160. The van der Waals surface area contributed by atoms with Crippen LogP contribution in [0.15, 0.2) is 0 Å². The molecule has 0 saturated carbocycles. The van der Waals surface area contributed by atoms with E-state index in [1.54, 1.807) is 0 Å². The van der Waals surface area contributed by atoms with Gasteiger partial charge in [-0.2, -0.15) is 0 Å². The molecule has 1 atom stereocenters. The van der Waals surface area contributed by atoms with Crippen molar-refractivity contribution in [3.8, 4) is 0 Å². The Kier molecular flexibility index (Phi) is 6.92. The zero-order valence-electron chi connectivity index (χ0n) is 9.74. The van der Waals surface area contributed by atoms with Crippen LogP contribution in [0.2, 0.25) is 0 Å². The van der Waals surface area contributed by atoms with E-state index in [0.29, 0.717) is 0 Å². The van der Waals surface area contributed by atoms with Crippen LogP contribution in [0.4, 0.5) is 0 Å². The largest absolute Gasteiger partial charge is 0.393 e. The molecule has 2 N–H and O–H groups in total. The van der Waals surface area contributed by atoms with E-state index in [4.69, 9.17) is 9.84 Å². The topological polar surface area (TPSA) is 44.7 Å². The molecule has 4 nitrogen and oxygen atoms in total. The molecule has 15 heavy (non-hydrogen) atoms. The molecule has 1 aliphatic rings. The molecule has 4 heteroatoms. The Labute approximate surface area is 92.6 Å². The Morgan fingerprint density at radius 2 is 2.07 bits per heavy atom. The van der Waals surface area contributed by atoms with Gasteiger partial charge in [0.1, 0.15) is 0 Å². The summed E-state index contributed by atoms with van der Waals surface area (Å²) in [4.78, 5) is 2.42. The van der Waals surface area contributed by atoms with Gasteiger partial charge in [0, 0.05) is 26.2 Å². The maximum absolute atomic E-state index is 9.06. The minimum Gasteiger partial charge on any atom is -0.393 e. The molecule has 1 rings (SSSR count). The van der Waals surface area contributed by atoms with Crippen LogP contribution >= 0.6 is 0 Å². The van der Waals surface area contributed by atoms with Crippen molar-refractivity contribution in [3.63, 3.8) is 0 Å². The fourth-order valence-electron chi connectivity index (χ4n) is 1.71. The number of nitrogens with zero attached hydrogens (tertiary/aromatic N) is 1. The molecule has 1 fully saturated rings. The molecule has 0 aromatic rings. The van der Waals surface area contributed by atoms with E-state index >= 15 is 0 Å². The lowest BCUT2D eigenvalue weighted by molar-refractivity contribution is 0.0384. The van der Waals surface area contributed by atoms with Crippen LogP contribution < -0.4 is 5.32 Å². The summed E-state index contributed by atoms with van der Waals surface area (Å²) in [6, 6.07) is 0. The smallest absolute Gasteiger partial charge is 0.0594 e. The second-order valence-electron chi connectivity index (χ2n) is 4.20. The summed E-state index contributed by atoms with van der Waals surface area (Å²) < 4.78 is 5.28. The fraction of sp³-hybridized carbons (Fsp3) is 1.00. The van der Waals surface area contributed by atoms with E-state index in [1.165, 1.54) is 0 Å². The molecule has 90 valence electrons. The van der Waals surface area contributed by atoms with Crippen LogP contribution in [0.1, 0.15) is 19.8 Å². The van der Waals surface area contributed by atoms with Gasteiger partial charge in [0.2, 0.25) is 0 Å². The Morgan fingerprint density at radius 1 is 1.33 bits per heavy atom. The van der Waals surface area contributed by atoms with Crippen LogP contribution in [0.5, 0.6) is 0 Å². The third-order valence-corrected chi connectivity index (χ3v) is 2.68. The molecule has 0 aliphatic carbocycles. The van der Waals surface area contributed by atoms with Gasteiger partial charge in [-0.15, -0.1) is 0 Å². The Morgan fingerprint density at radius 3 is 2.73 bits per heavy atom. The minimum atomic E-state index is -0.161. The molecule has 1 unspecified atom stereocenters. The third-order valence-electron chi connectivity index (χ3n) is 2.68. The first-order chi connectivity index (χ1) is 7.29. The highest BCUT2D eigenvalue weighted by atomic mass is 16.5. The average molecular weight is 216 g/mol. The standard InChI is InChI=1S/C11H24N2O2/c1-11(14)3-2-4-12-5-6-13-7-9-15-10-8-13/h11-12,14H,2-10H2,1H3. The van der Waals surface area contributed by atoms with E-state index in [9.17, 15) is 0 Å². The molecular formula is C11H24N2O2. The van der Waals surface area contributed by atoms with Crippen LogP contribution in [-0.2, 0) is 4.74 Å². The Bertz CT molecular complexity index is 148. The molecule has 0 amide bonds. The number of morpholine rings is 1. The lowest BCUT2D eigenvalue weighted by atomic mass is 10.2. The van der Waals surface area contributed by atoms with Crippen molar-refractivity contribution in [1.82, 2.24) is 10.2 Å². The quantitative estimate of drug-likeness (QED) is 0.591. The molecule has 0 spiro atoms. The van der Waals surface area contributed by atoms with Gasteiger partial charge in [-0.25, -0.2) is 0 Å². The highest BCUT2D eigenvalue weighted by Crippen LogP contribution is 1.95. The first kappa shape index (κ1) is 12.9. The minimum absolute atomic E-state index is 0.161. The number of aliphatic hydroxyl groups is 1. The monoisotopic (exact) mass is 216 g/mol. The first-order valence-electron chi connectivity index (χ1n) is 5.98. The molecule has 0 radical (unpaired) electrons. The van der Waals surface area contributed by atoms with Gasteiger partial charge in [-0.3, -0.25) is 4.90 Å². The van der Waals surface area contributed by atoms with Gasteiger partial charge in [0.05, 0.1) is 19.3 Å². The van der Waals surface area contributed by atoms with Crippen LogP contribution in [0, 0.1) is 0 Å². The van der Waals surface area contributed by atoms with Crippen molar-refractivity contribution in [3.05, 3.63) is 0 Å². The van der Waals surface area contributed by atoms with Gasteiger partial charge in [0.25, 0.3) is 0 Å². The van der Waals surface area contributed by atoms with Crippen molar-refractivity contribution in [2.75, 3.05) is 45.9 Å². The van der Waals surface area contributed by atoms with Gasteiger partial charge in [-0.1, -0.05) is 0 Å². The average Bonchev–Trinajstić information content (AvgIpc) is 2.24. The maximum atomic E-state index is 9.06. The molecule has 0 aromatic heterocycles. The summed E-state index contributed by atoms with van der Waals surface area (Å²) >= 11 is 0. The highest BCUT2D eigenvalue weighted by Gasteiger charge is 2.08. The second-order valence-corrected chi connectivity index (χ2v) is 4.20. The lowest BCUT2D eigenvalue weighted by Crippen LogP contribution is -2.40. The van der Waals surface area contributed by atoms with E-state index in [-0.39, 0.29) is 6.10 Å². The van der Waals surface area contributed by atoms with Gasteiger partial charge < -0.3 is 15.2 Å². The van der Waals surface area contributed by atoms with Gasteiger partial charge in [0.15, 0.2) is 0 Å². The number of nitrogens with one attached hydrogen (secondary N) is 1. The van der Waals surface area contributed by atoms with E-state index in [1.807, 2.05) is 6.92 Å². The highest BCUT2D eigenvalue weighted by molar-refractivity contribution is 4.63. The molecule has 1 aliphatic heterocycles. The maximum Gasteiger partial charge on any atom is 0.0594 e. The van der Waals surface area contributed by atoms with E-state index in [0.717, 1.165) is 58.8 Å². The summed E-state index contributed by atoms with van der Waals surface area (Å²) in [7, 11) is 0. The molecule has 1 saturated heterocycles. The normalized spacial score (nSPS) is 20.4. The van der Waals surface area contributed by atoms with Gasteiger partial charge >= 0.3 is 0 Å². The SMILES string of the molecule is CC(O)CCCNCCN1CCOCC1. The Balaban J connectivity index is 1.83. The predicted molar refractivity (Wildman–Crippen MR) is 61.0 cm³/mol. The number of hydrogen-bond acceptors (Lipinski definition) is 4. The number of hydrogen-bond donors (Lipinski definition) is 2. The van der Waals surface area contributed by atoms with Crippen LogP contribution in [-0.4, -0.2) is 62.0 Å². The molecule has 0 aromatic carbocycles. The zero-order valence-corrected chi connectivity index (χ0v) is 9.74. The molecule has 0 bridgehead atoms. The van der Waals surface area contributed by atoms with E-state index < -0.39 is 0 Å². The van der Waals surface area contributed by atoms with Crippen molar-refractivity contribution < 1.29 is 9.84 Å². The lowest BCUT2D eigenvalue weighted by Gasteiger charge is -2.26. The molecule has 1 heterocycles. The van der Waals surface area contributed by atoms with Crippen molar-refractivity contribution >= 4 is 0 Å². The van der Waals surface area contributed by atoms with Gasteiger partial charge in [-0.05, 0) is 26.3 Å². The summed E-state index contributed by atoms with van der Waals surface area (Å²) in [5.74, 6) is 0. The predicted octanol–water partition coefficient (Wildman–Crippen LogP) is 0.0692. The van der Waals surface area contributed by atoms with E-state index in [2.05, 4.69) is 10.2 Å². The van der Waals surface area contributed by atoms with Crippen molar-refractivity contribution in [2.24, 2.45) is 0 Å². The van der Waals surface area contributed by atoms with Crippen molar-refractivity contribution in [2.45, 2.75) is 25.9 Å². The second kappa shape index (κ2) is 8.05.